The first-order valence-electron chi connectivity index (χ1n) is 5.79. The molecular weight excluding hydrogens is 307 g/mol. The monoisotopic (exact) mass is 317 g/mol. The molecule has 1 aromatic rings. The summed E-state index contributed by atoms with van der Waals surface area (Å²) in [5, 5.41) is 10.5. The van der Waals surface area contributed by atoms with Crippen LogP contribution in [0.25, 0.3) is 0 Å². The molecule has 0 radical (unpaired) electrons. The van der Waals surface area contributed by atoms with E-state index in [0.29, 0.717) is 11.4 Å². The Hall–Kier alpha value is -2.16. The van der Waals surface area contributed by atoms with E-state index < -0.39 is 27.5 Å². The van der Waals surface area contributed by atoms with Gasteiger partial charge in [0.15, 0.2) is 5.83 Å². The molecule has 9 heteroatoms. The Balaban J connectivity index is 1.95. The van der Waals surface area contributed by atoms with Crippen LogP contribution >= 0.6 is 10.7 Å². The molecule has 1 atom stereocenters. The third kappa shape index (κ3) is 3.91. The number of nitrogens with one attached hydrogen (secondary N) is 1. The van der Waals surface area contributed by atoms with E-state index in [1.54, 1.807) is 0 Å². The third-order valence-electron chi connectivity index (χ3n) is 2.63. The fraction of sp³-hybridized carbons (Fsp3) is 0.167. The molecule has 0 fully saturated rings. The molecule has 0 amide bonds. The highest BCUT2D eigenvalue weighted by Gasteiger charge is 2.13. The van der Waals surface area contributed by atoms with Gasteiger partial charge in [0.25, 0.3) is 5.69 Å². The molecule has 0 saturated heterocycles. The second kappa shape index (κ2) is 6.53. The molecule has 1 aliphatic rings. The lowest BCUT2D eigenvalue weighted by Gasteiger charge is -2.07. The molecule has 1 aliphatic heterocycles. The molecule has 112 valence electrons. The molecule has 0 aliphatic carbocycles. The highest BCUT2D eigenvalue weighted by molar-refractivity contribution is 8.14. The van der Waals surface area contributed by atoms with Gasteiger partial charge in [-0.05, 0) is 12.1 Å². The number of hydrogen-bond donors (Lipinski definition) is 1. The van der Waals surface area contributed by atoms with Crippen molar-refractivity contribution in [2.24, 2.45) is 4.99 Å². The fourth-order valence-electron chi connectivity index (χ4n) is 1.57. The van der Waals surface area contributed by atoms with E-state index in [4.69, 9.17) is 0 Å². The summed E-state index contributed by atoms with van der Waals surface area (Å²) in [6, 6.07) is 5.76. The fourth-order valence-corrected chi connectivity index (χ4v) is 2.88. The first-order chi connectivity index (χ1) is 9.97. The van der Waals surface area contributed by atoms with Crippen LogP contribution in [0, 0.1) is 10.1 Å². The summed E-state index contributed by atoms with van der Waals surface area (Å²) in [4.78, 5) is 14.1. The van der Waals surface area contributed by atoms with Crippen molar-refractivity contribution in [3.8, 4) is 0 Å². The number of halogens is 3. The maximum Gasteiger partial charge on any atom is 0.301 e. The van der Waals surface area contributed by atoms with Crippen LogP contribution in [0.2, 0.25) is 0 Å². The number of rotatable bonds is 5. The number of aliphatic imine (C=N–C) groups is 1. The standard InChI is InChI=1S/C12H10F3N3O2S/c13-10(11(14)15)5-6-21-7-16-12(17-21)8-1-3-9(4-2-8)18(19)20/h1-4,7H,5-6H2,(H,16,17). The summed E-state index contributed by atoms with van der Waals surface area (Å²) < 4.78 is 39.6. The lowest BCUT2D eigenvalue weighted by Crippen LogP contribution is -2.16. The van der Waals surface area contributed by atoms with E-state index in [9.17, 15) is 23.3 Å². The average molecular weight is 317 g/mol. The summed E-state index contributed by atoms with van der Waals surface area (Å²) in [5.74, 6) is -0.761. The Labute approximate surface area is 120 Å². The zero-order valence-electron chi connectivity index (χ0n) is 10.6. The number of nitrogens with zero attached hydrogens (tertiary/aromatic N) is 2. The molecule has 0 aromatic heterocycles. The van der Waals surface area contributed by atoms with Crippen molar-refractivity contribution in [1.82, 2.24) is 4.72 Å². The minimum atomic E-state index is -2.30. The van der Waals surface area contributed by atoms with Crippen molar-refractivity contribution in [2.75, 3.05) is 5.75 Å². The molecule has 0 bridgehead atoms. The molecule has 1 aromatic carbocycles. The first kappa shape index (κ1) is 15.2. The van der Waals surface area contributed by atoms with Crippen molar-refractivity contribution < 1.29 is 18.1 Å². The summed E-state index contributed by atoms with van der Waals surface area (Å²) in [6.07, 6.45) is -2.66. The van der Waals surface area contributed by atoms with E-state index in [1.165, 1.54) is 29.8 Å². The summed E-state index contributed by atoms with van der Waals surface area (Å²) in [6.45, 7) is 0. The van der Waals surface area contributed by atoms with Crippen LogP contribution in [0.5, 0.6) is 0 Å². The lowest BCUT2D eigenvalue weighted by molar-refractivity contribution is -0.384. The predicted octanol–water partition coefficient (Wildman–Crippen LogP) is 3.36. The number of non-ortho nitro benzene ring substituents is 1. The van der Waals surface area contributed by atoms with Gasteiger partial charge in [0.1, 0.15) is 5.84 Å². The van der Waals surface area contributed by atoms with E-state index in [2.05, 4.69) is 9.71 Å². The zero-order valence-corrected chi connectivity index (χ0v) is 11.4. The van der Waals surface area contributed by atoms with E-state index in [1.807, 2.05) is 0 Å². The Morgan fingerprint density at radius 3 is 2.52 bits per heavy atom. The Morgan fingerprint density at radius 2 is 1.95 bits per heavy atom. The summed E-state index contributed by atoms with van der Waals surface area (Å²) in [7, 11) is -0.629. The van der Waals surface area contributed by atoms with Crippen LogP contribution < -0.4 is 4.72 Å². The van der Waals surface area contributed by atoms with Crippen LogP contribution in [-0.2, 0) is 0 Å². The maximum absolute atomic E-state index is 12.7. The zero-order chi connectivity index (χ0) is 15.4. The van der Waals surface area contributed by atoms with Crippen molar-refractivity contribution in [3.05, 3.63) is 51.9 Å². The van der Waals surface area contributed by atoms with Crippen molar-refractivity contribution in [1.29, 1.82) is 0 Å². The van der Waals surface area contributed by atoms with Crippen LogP contribution in [0.15, 0.2) is 41.2 Å². The lowest BCUT2D eigenvalue weighted by atomic mass is 10.2. The minimum absolute atomic E-state index is 0.0362. The molecule has 1 unspecified atom stereocenters. The van der Waals surface area contributed by atoms with Crippen molar-refractivity contribution in [2.45, 2.75) is 6.42 Å². The van der Waals surface area contributed by atoms with Crippen LogP contribution in [0.4, 0.5) is 18.9 Å². The summed E-state index contributed by atoms with van der Waals surface area (Å²) in [5.41, 5.74) is 2.13. The molecule has 1 N–H and O–H groups in total. The van der Waals surface area contributed by atoms with E-state index in [0.717, 1.165) is 0 Å². The van der Waals surface area contributed by atoms with Gasteiger partial charge in [-0.2, -0.15) is 8.78 Å². The number of nitro groups is 1. The van der Waals surface area contributed by atoms with Crippen molar-refractivity contribution in [3.63, 3.8) is 0 Å². The Morgan fingerprint density at radius 1 is 1.29 bits per heavy atom. The molecule has 0 saturated carbocycles. The molecule has 21 heavy (non-hydrogen) atoms. The van der Waals surface area contributed by atoms with Gasteiger partial charge in [0.05, 0.1) is 10.4 Å². The van der Waals surface area contributed by atoms with Crippen LogP contribution in [0.3, 0.4) is 0 Å². The van der Waals surface area contributed by atoms with E-state index in [-0.39, 0.29) is 17.9 Å². The van der Waals surface area contributed by atoms with Gasteiger partial charge in [-0.3, -0.25) is 10.1 Å². The molecule has 5 nitrogen and oxygen atoms in total. The molecule has 0 spiro atoms. The second-order valence-electron chi connectivity index (χ2n) is 4.04. The van der Waals surface area contributed by atoms with E-state index >= 15 is 0 Å². The van der Waals surface area contributed by atoms with Gasteiger partial charge in [-0.1, -0.05) is 10.7 Å². The highest BCUT2D eigenvalue weighted by atomic mass is 32.2. The molecular formula is C12H10F3N3O2S. The Kier molecular flexibility index (Phi) is 4.73. The highest BCUT2D eigenvalue weighted by Crippen LogP contribution is 2.22. The number of nitro benzene ring substituents is 1. The molecule has 2 rings (SSSR count). The second-order valence-corrected chi connectivity index (χ2v) is 5.72. The largest absolute Gasteiger partial charge is 0.318 e. The number of benzene rings is 1. The smallest absolute Gasteiger partial charge is 0.301 e. The van der Waals surface area contributed by atoms with Gasteiger partial charge >= 0.3 is 6.08 Å². The number of amidine groups is 1. The number of hydrogen-bond acceptors (Lipinski definition) is 4. The van der Waals surface area contributed by atoms with Crippen LogP contribution in [0.1, 0.15) is 12.0 Å². The normalized spacial score (nSPS) is 16.7. The third-order valence-corrected chi connectivity index (χ3v) is 4.09. The Bertz CT molecular complexity index is 652. The predicted molar refractivity (Wildman–Crippen MR) is 76.3 cm³/mol. The van der Waals surface area contributed by atoms with Gasteiger partial charge in [-0.25, -0.2) is 9.38 Å². The van der Waals surface area contributed by atoms with Gasteiger partial charge in [0.2, 0.25) is 0 Å². The first-order valence-corrected chi connectivity index (χ1v) is 7.25. The van der Waals surface area contributed by atoms with Gasteiger partial charge in [-0.15, -0.1) is 0 Å². The quantitative estimate of drug-likeness (QED) is 0.514. The maximum atomic E-state index is 12.7. The number of allylic oxidation sites excluding steroid dienone is 1. The SMILES string of the molecule is O=[N+]([O-])c1ccc(C2=NC=S(CCC(F)=C(F)F)N2)cc1. The summed E-state index contributed by atoms with van der Waals surface area (Å²) >= 11 is 0. The molecule has 1 heterocycles. The van der Waals surface area contributed by atoms with Crippen molar-refractivity contribution >= 4 is 27.7 Å². The van der Waals surface area contributed by atoms with Gasteiger partial charge in [0, 0.05) is 29.9 Å². The minimum Gasteiger partial charge on any atom is -0.318 e. The van der Waals surface area contributed by atoms with Gasteiger partial charge < -0.3 is 4.72 Å². The van der Waals surface area contributed by atoms with Crippen LogP contribution in [-0.4, -0.2) is 22.0 Å². The average Bonchev–Trinajstić information content (AvgIpc) is 2.93. The topological polar surface area (TPSA) is 67.5 Å².